The molecule has 27 heavy (non-hydrogen) atoms. The Morgan fingerprint density at radius 1 is 1.26 bits per heavy atom. The lowest BCUT2D eigenvalue weighted by Gasteiger charge is -2.10. The van der Waals surface area contributed by atoms with E-state index in [-0.39, 0.29) is 11.5 Å². The second-order valence-corrected chi connectivity index (χ2v) is 9.45. The summed E-state index contributed by atoms with van der Waals surface area (Å²) < 4.78 is 26.4. The lowest BCUT2D eigenvalue weighted by molar-refractivity contribution is 0.102. The van der Waals surface area contributed by atoms with Crippen LogP contribution >= 0.6 is 11.8 Å². The van der Waals surface area contributed by atoms with Crippen LogP contribution in [-0.4, -0.2) is 53.0 Å². The first-order valence-electron chi connectivity index (χ1n) is 8.90. The summed E-state index contributed by atoms with van der Waals surface area (Å²) in [5.41, 5.74) is 1.60. The zero-order chi connectivity index (χ0) is 19.3. The van der Waals surface area contributed by atoms with Crippen LogP contribution in [0.1, 0.15) is 47.6 Å². The van der Waals surface area contributed by atoms with Crippen LogP contribution in [0.3, 0.4) is 0 Å². The van der Waals surface area contributed by atoms with Crippen LogP contribution in [0.15, 0.2) is 29.4 Å². The van der Waals surface area contributed by atoms with Gasteiger partial charge in [0.05, 0.1) is 18.1 Å². The van der Waals surface area contributed by atoms with E-state index in [1.54, 1.807) is 12.1 Å². The largest absolute Gasteiger partial charge is 0.293 e. The number of tetrazole rings is 1. The van der Waals surface area contributed by atoms with E-state index in [1.165, 1.54) is 24.6 Å². The maximum Gasteiger partial charge on any atom is 0.210 e. The number of thioether (sulfide) groups is 1. The fraction of sp³-hybridized carbons (Fsp3) is 0.529. The smallest absolute Gasteiger partial charge is 0.210 e. The maximum absolute atomic E-state index is 12.4. The van der Waals surface area contributed by atoms with E-state index >= 15 is 0 Å². The first-order chi connectivity index (χ1) is 12.9. The number of Topliss-reactive ketones (excluding diaryl/α,β-unsaturated/α-hetero) is 1. The first kappa shape index (κ1) is 20.0. The number of aromatic nitrogens is 4. The summed E-state index contributed by atoms with van der Waals surface area (Å²) in [6.07, 6.45) is 6.27. The fourth-order valence-electron chi connectivity index (χ4n) is 3.11. The Kier molecular flexibility index (Phi) is 6.61. The van der Waals surface area contributed by atoms with Gasteiger partial charge in [-0.15, -0.1) is 5.10 Å². The number of nitrogens with one attached hydrogen (secondary N) is 1. The molecule has 8 nitrogen and oxygen atoms in total. The molecule has 0 saturated heterocycles. The molecule has 1 aliphatic carbocycles. The highest BCUT2D eigenvalue weighted by Gasteiger charge is 2.22. The number of hydrogen-bond donors (Lipinski definition) is 1. The third-order valence-corrected chi connectivity index (χ3v) is 6.18. The van der Waals surface area contributed by atoms with E-state index in [0.717, 1.165) is 24.7 Å². The van der Waals surface area contributed by atoms with Gasteiger partial charge in [0.15, 0.2) is 5.78 Å². The molecule has 0 atom stereocenters. The minimum atomic E-state index is -3.18. The Morgan fingerprint density at radius 2 is 1.96 bits per heavy atom. The SMILES string of the molecule is CS(=O)(=O)NCCc1ccc(C(=O)CSc2nnnn2C2CCCC2)cc1. The number of benzene rings is 1. The van der Waals surface area contributed by atoms with Crippen molar-refractivity contribution in [2.45, 2.75) is 43.3 Å². The van der Waals surface area contributed by atoms with Gasteiger partial charge in [0, 0.05) is 12.1 Å². The summed E-state index contributed by atoms with van der Waals surface area (Å²) in [6, 6.07) is 7.60. The highest BCUT2D eigenvalue weighted by molar-refractivity contribution is 7.99. The van der Waals surface area contributed by atoms with Crippen molar-refractivity contribution in [2.75, 3.05) is 18.6 Å². The van der Waals surface area contributed by atoms with Gasteiger partial charge in [-0.25, -0.2) is 17.8 Å². The van der Waals surface area contributed by atoms with Crippen LogP contribution in [0.2, 0.25) is 0 Å². The van der Waals surface area contributed by atoms with Gasteiger partial charge >= 0.3 is 0 Å². The molecule has 1 N–H and O–H groups in total. The Hall–Kier alpha value is -1.78. The molecule has 0 spiro atoms. The van der Waals surface area contributed by atoms with Gasteiger partial charge in [-0.05, 0) is 35.3 Å². The molecule has 1 saturated carbocycles. The minimum absolute atomic E-state index is 0.0155. The molecule has 1 aromatic heterocycles. The van der Waals surface area contributed by atoms with E-state index in [2.05, 4.69) is 20.2 Å². The van der Waals surface area contributed by atoms with Gasteiger partial charge in [-0.1, -0.05) is 48.9 Å². The molecular formula is C17H23N5O3S2. The Balaban J connectivity index is 1.52. The molecule has 146 valence electrons. The number of carbonyl (C=O) groups is 1. The number of ketones is 1. The van der Waals surface area contributed by atoms with Gasteiger partial charge in [0.1, 0.15) is 0 Å². The molecular weight excluding hydrogens is 386 g/mol. The van der Waals surface area contributed by atoms with Crippen LogP contribution in [0.25, 0.3) is 0 Å². The van der Waals surface area contributed by atoms with Crippen molar-refractivity contribution in [3.63, 3.8) is 0 Å². The van der Waals surface area contributed by atoms with Crippen molar-refractivity contribution in [2.24, 2.45) is 0 Å². The molecule has 0 radical (unpaired) electrons. The fourth-order valence-corrected chi connectivity index (χ4v) is 4.42. The van der Waals surface area contributed by atoms with Crippen molar-refractivity contribution in [1.82, 2.24) is 24.9 Å². The Bertz CT molecular complexity index is 874. The van der Waals surface area contributed by atoms with Crippen LogP contribution in [0.5, 0.6) is 0 Å². The van der Waals surface area contributed by atoms with Crippen molar-refractivity contribution >= 4 is 27.6 Å². The van der Waals surface area contributed by atoms with E-state index in [4.69, 9.17) is 0 Å². The van der Waals surface area contributed by atoms with E-state index in [1.807, 2.05) is 16.8 Å². The van der Waals surface area contributed by atoms with Gasteiger partial charge in [-0.2, -0.15) is 0 Å². The summed E-state index contributed by atoms with van der Waals surface area (Å²) in [6.45, 7) is 0.339. The first-order valence-corrected chi connectivity index (χ1v) is 11.8. The normalized spacial score (nSPS) is 15.3. The predicted molar refractivity (Wildman–Crippen MR) is 103 cm³/mol. The molecule has 2 aromatic rings. The maximum atomic E-state index is 12.4. The number of nitrogens with zero attached hydrogens (tertiary/aromatic N) is 4. The van der Waals surface area contributed by atoms with E-state index in [0.29, 0.717) is 29.7 Å². The number of hydrogen-bond acceptors (Lipinski definition) is 7. The van der Waals surface area contributed by atoms with Crippen LogP contribution < -0.4 is 4.72 Å². The highest BCUT2D eigenvalue weighted by atomic mass is 32.2. The second kappa shape index (κ2) is 8.94. The molecule has 1 fully saturated rings. The molecule has 1 aromatic carbocycles. The van der Waals surface area contributed by atoms with Crippen LogP contribution in [-0.2, 0) is 16.4 Å². The number of rotatable bonds is 9. The summed E-state index contributed by atoms with van der Waals surface area (Å²) >= 11 is 1.36. The van der Waals surface area contributed by atoms with Crippen molar-refractivity contribution in [3.8, 4) is 0 Å². The zero-order valence-electron chi connectivity index (χ0n) is 15.2. The van der Waals surface area contributed by atoms with Gasteiger partial charge in [0.2, 0.25) is 15.2 Å². The van der Waals surface area contributed by atoms with Crippen LogP contribution in [0.4, 0.5) is 0 Å². The molecule has 1 heterocycles. The van der Waals surface area contributed by atoms with Gasteiger partial charge < -0.3 is 0 Å². The second-order valence-electron chi connectivity index (χ2n) is 6.67. The minimum Gasteiger partial charge on any atom is -0.293 e. The molecule has 3 rings (SSSR count). The van der Waals surface area contributed by atoms with Crippen molar-refractivity contribution < 1.29 is 13.2 Å². The Labute approximate surface area is 163 Å². The average molecular weight is 410 g/mol. The summed E-state index contributed by atoms with van der Waals surface area (Å²) in [7, 11) is -3.18. The Morgan fingerprint density at radius 3 is 2.63 bits per heavy atom. The zero-order valence-corrected chi connectivity index (χ0v) is 16.8. The molecule has 1 aliphatic rings. The van der Waals surface area contributed by atoms with E-state index in [9.17, 15) is 13.2 Å². The van der Waals surface area contributed by atoms with Crippen molar-refractivity contribution in [3.05, 3.63) is 35.4 Å². The van der Waals surface area contributed by atoms with Gasteiger partial charge in [-0.3, -0.25) is 4.79 Å². The molecule has 10 heteroatoms. The quantitative estimate of drug-likeness (QED) is 0.497. The number of carbonyl (C=O) groups excluding carboxylic acids is 1. The van der Waals surface area contributed by atoms with E-state index < -0.39 is 10.0 Å². The molecule has 0 bridgehead atoms. The molecule has 0 amide bonds. The summed E-state index contributed by atoms with van der Waals surface area (Å²) in [5, 5.41) is 12.6. The molecule has 0 unspecified atom stereocenters. The summed E-state index contributed by atoms with van der Waals surface area (Å²) in [5.74, 6) is 0.295. The van der Waals surface area contributed by atoms with Gasteiger partial charge in [0.25, 0.3) is 0 Å². The molecule has 0 aliphatic heterocycles. The highest BCUT2D eigenvalue weighted by Crippen LogP contribution is 2.31. The third kappa shape index (κ3) is 5.85. The lowest BCUT2D eigenvalue weighted by atomic mass is 10.1. The summed E-state index contributed by atoms with van der Waals surface area (Å²) in [4.78, 5) is 12.4. The number of sulfonamides is 1. The van der Waals surface area contributed by atoms with Crippen LogP contribution in [0, 0.1) is 0 Å². The topological polar surface area (TPSA) is 107 Å². The average Bonchev–Trinajstić information content (AvgIpc) is 3.30. The predicted octanol–water partition coefficient (Wildman–Crippen LogP) is 1.85. The lowest BCUT2D eigenvalue weighted by Crippen LogP contribution is -2.24. The monoisotopic (exact) mass is 409 g/mol. The third-order valence-electron chi connectivity index (χ3n) is 4.52. The van der Waals surface area contributed by atoms with Crippen molar-refractivity contribution in [1.29, 1.82) is 0 Å². The standard InChI is InChI=1S/C17H23N5O3S2/c1-27(24,25)18-11-10-13-6-8-14(9-7-13)16(23)12-26-17-19-20-21-22(17)15-4-2-3-5-15/h6-9,15,18H,2-5,10-12H2,1H3.